The van der Waals surface area contributed by atoms with Gasteiger partial charge in [0, 0.05) is 14.2 Å². The number of carbonyl (C=O) groups excluding carboxylic acids is 3. The van der Waals surface area contributed by atoms with Crippen LogP contribution < -0.4 is 11.1 Å². The molecule has 3 amide bonds. The Hall–Kier alpha value is -1.83. The van der Waals surface area contributed by atoms with E-state index < -0.39 is 29.7 Å². The van der Waals surface area contributed by atoms with E-state index in [0.29, 0.717) is 0 Å². The number of amides is 3. The molecule has 28 heavy (non-hydrogen) atoms. The molecule has 0 heterocycles. The standard InChI is InChI=1S/C20H39N3O5/c1-10-13(4)17(14(27-9)11-15(21)24)23(8)18(25)16(12(2)3)22-19(26)28-20(5,6)7/h12-14,16-17H,10-11H2,1-9H3,(H2,21,24)(H,22,26)/t13-,14+,16-,17-/m0/s1. The quantitative estimate of drug-likeness (QED) is 0.583. The maximum Gasteiger partial charge on any atom is 0.408 e. The maximum absolute atomic E-state index is 13.2. The number of hydrogen-bond acceptors (Lipinski definition) is 5. The van der Waals surface area contributed by atoms with Gasteiger partial charge in [-0.1, -0.05) is 34.1 Å². The summed E-state index contributed by atoms with van der Waals surface area (Å²) in [5.74, 6) is -0.851. The Balaban J connectivity index is 5.61. The van der Waals surface area contributed by atoms with E-state index in [0.717, 1.165) is 6.42 Å². The minimum Gasteiger partial charge on any atom is -0.444 e. The van der Waals surface area contributed by atoms with E-state index in [1.165, 1.54) is 7.11 Å². The Kier molecular flexibility index (Phi) is 10.5. The number of nitrogens with two attached hydrogens (primary N) is 1. The fourth-order valence-electron chi connectivity index (χ4n) is 3.10. The van der Waals surface area contributed by atoms with Crippen LogP contribution in [0.4, 0.5) is 4.79 Å². The zero-order valence-electron chi connectivity index (χ0n) is 18.9. The van der Waals surface area contributed by atoms with E-state index in [1.54, 1.807) is 32.7 Å². The Morgan fingerprint density at radius 3 is 2.04 bits per heavy atom. The maximum atomic E-state index is 13.2. The fraction of sp³-hybridized carbons (Fsp3) is 0.850. The van der Waals surface area contributed by atoms with Crippen molar-refractivity contribution in [2.24, 2.45) is 17.6 Å². The van der Waals surface area contributed by atoms with Crippen molar-refractivity contribution in [3.8, 4) is 0 Å². The number of rotatable bonds is 10. The summed E-state index contributed by atoms with van der Waals surface area (Å²) in [5.41, 5.74) is 4.70. The molecule has 0 aromatic carbocycles. The molecule has 0 radical (unpaired) electrons. The largest absolute Gasteiger partial charge is 0.444 e. The highest BCUT2D eigenvalue weighted by Gasteiger charge is 2.37. The Bertz CT molecular complexity index is 530. The summed E-state index contributed by atoms with van der Waals surface area (Å²) in [6, 6.07) is -1.13. The van der Waals surface area contributed by atoms with Gasteiger partial charge in [-0.05, 0) is 32.6 Å². The summed E-state index contributed by atoms with van der Waals surface area (Å²) < 4.78 is 10.8. The van der Waals surface area contributed by atoms with E-state index in [9.17, 15) is 14.4 Å². The third kappa shape index (κ3) is 8.46. The number of nitrogens with one attached hydrogen (secondary N) is 1. The summed E-state index contributed by atoms with van der Waals surface area (Å²) in [6.07, 6.45) is -0.383. The van der Waals surface area contributed by atoms with Crippen LogP contribution in [0.15, 0.2) is 0 Å². The third-order valence-corrected chi connectivity index (χ3v) is 4.71. The second-order valence-electron chi connectivity index (χ2n) is 8.64. The van der Waals surface area contributed by atoms with Crippen molar-refractivity contribution in [1.29, 1.82) is 0 Å². The first-order chi connectivity index (χ1) is 12.7. The molecule has 8 nitrogen and oxygen atoms in total. The molecule has 0 aliphatic carbocycles. The molecular weight excluding hydrogens is 362 g/mol. The van der Waals surface area contributed by atoms with Gasteiger partial charge in [0.25, 0.3) is 0 Å². The number of carbonyl (C=O) groups is 3. The zero-order valence-corrected chi connectivity index (χ0v) is 18.9. The Morgan fingerprint density at radius 2 is 1.68 bits per heavy atom. The number of likely N-dealkylation sites (N-methyl/N-ethyl adjacent to an activating group) is 1. The summed E-state index contributed by atoms with van der Waals surface area (Å²) in [7, 11) is 3.17. The lowest BCUT2D eigenvalue weighted by atomic mass is 9.90. The molecule has 0 rings (SSSR count). The smallest absolute Gasteiger partial charge is 0.408 e. The zero-order chi connectivity index (χ0) is 22.2. The average molecular weight is 402 g/mol. The molecule has 0 aromatic rings. The first kappa shape index (κ1) is 26.2. The van der Waals surface area contributed by atoms with Gasteiger partial charge in [0.15, 0.2) is 0 Å². The Morgan fingerprint density at radius 1 is 1.14 bits per heavy atom. The van der Waals surface area contributed by atoms with E-state index in [4.69, 9.17) is 15.2 Å². The molecule has 0 aliphatic heterocycles. The highest BCUT2D eigenvalue weighted by Crippen LogP contribution is 2.23. The topological polar surface area (TPSA) is 111 Å². The van der Waals surface area contributed by atoms with Gasteiger partial charge in [0.1, 0.15) is 11.6 Å². The molecule has 0 spiro atoms. The lowest BCUT2D eigenvalue weighted by Gasteiger charge is -2.39. The molecule has 0 fully saturated rings. The molecule has 164 valence electrons. The molecule has 4 atom stereocenters. The molecule has 0 aliphatic rings. The van der Waals surface area contributed by atoms with Crippen LogP contribution in [0.1, 0.15) is 61.3 Å². The number of hydrogen-bond donors (Lipinski definition) is 2. The predicted molar refractivity (Wildman–Crippen MR) is 109 cm³/mol. The van der Waals surface area contributed by atoms with E-state index in [-0.39, 0.29) is 30.2 Å². The molecular formula is C20H39N3O5. The second-order valence-corrected chi connectivity index (χ2v) is 8.64. The number of methoxy groups -OCH3 is 1. The molecule has 0 bridgehead atoms. The predicted octanol–water partition coefficient (Wildman–Crippen LogP) is 2.30. The summed E-state index contributed by atoms with van der Waals surface area (Å²) in [4.78, 5) is 38.5. The lowest BCUT2D eigenvalue weighted by molar-refractivity contribution is -0.141. The van der Waals surface area contributed by atoms with Gasteiger partial charge in [0.2, 0.25) is 11.8 Å². The highest BCUT2D eigenvalue weighted by molar-refractivity contribution is 5.86. The number of primary amides is 1. The van der Waals surface area contributed by atoms with Crippen LogP contribution in [0, 0.1) is 11.8 Å². The van der Waals surface area contributed by atoms with Gasteiger partial charge in [-0.15, -0.1) is 0 Å². The van der Waals surface area contributed by atoms with Gasteiger partial charge in [0.05, 0.1) is 18.6 Å². The van der Waals surface area contributed by atoms with Crippen molar-refractivity contribution in [1.82, 2.24) is 10.2 Å². The van der Waals surface area contributed by atoms with Gasteiger partial charge in [-0.25, -0.2) is 4.79 Å². The molecule has 0 saturated carbocycles. The van der Waals surface area contributed by atoms with Crippen molar-refractivity contribution < 1.29 is 23.9 Å². The number of alkyl carbamates (subject to hydrolysis) is 1. The van der Waals surface area contributed by atoms with Crippen molar-refractivity contribution in [2.75, 3.05) is 14.2 Å². The van der Waals surface area contributed by atoms with Crippen LogP contribution in [0.5, 0.6) is 0 Å². The van der Waals surface area contributed by atoms with Gasteiger partial charge >= 0.3 is 6.09 Å². The average Bonchev–Trinajstić information content (AvgIpc) is 2.55. The van der Waals surface area contributed by atoms with Crippen molar-refractivity contribution in [3.05, 3.63) is 0 Å². The Labute approximate surface area is 169 Å². The summed E-state index contributed by atoms with van der Waals surface area (Å²) in [6.45, 7) is 13.0. The number of nitrogens with zero attached hydrogens (tertiary/aromatic N) is 1. The normalized spacial score (nSPS) is 16.1. The first-order valence-electron chi connectivity index (χ1n) is 9.82. The van der Waals surface area contributed by atoms with E-state index in [1.807, 2.05) is 27.7 Å². The molecule has 3 N–H and O–H groups in total. The van der Waals surface area contributed by atoms with Crippen LogP contribution in [0.25, 0.3) is 0 Å². The van der Waals surface area contributed by atoms with E-state index >= 15 is 0 Å². The van der Waals surface area contributed by atoms with Crippen LogP contribution >= 0.6 is 0 Å². The number of ether oxygens (including phenoxy) is 2. The minimum absolute atomic E-state index is 0.00890. The van der Waals surface area contributed by atoms with E-state index in [2.05, 4.69) is 5.32 Å². The highest BCUT2D eigenvalue weighted by atomic mass is 16.6. The van der Waals surface area contributed by atoms with Crippen LogP contribution in [-0.2, 0) is 19.1 Å². The second kappa shape index (κ2) is 11.2. The molecule has 0 saturated heterocycles. The van der Waals surface area contributed by atoms with Crippen LogP contribution in [-0.4, -0.2) is 60.8 Å². The SMILES string of the molecule is CC[C@H](C)[C@@H]([C@@H](CC(N)=O)OC)N(C)C(=O)[C@@H](NC(=O)OC(C)(C)C)C(C)C. The third-order valence-electron chi connectivity index (χ3n) is 4.71. The summed E-state index contributed by atoms with van der Waals surface area (Å²) >= 11 is 0. The lowest BCUT2D eigenvalue weighted by Crippen LogP contribution is -2.57. The van der Waals surface area contributed by atoms with Crippen LogP contribution in [0.3, 0.4) is 0 Å². The minimum atomic E-state index is -0.766. The van der Waals surface area contributed by atoms with Gasteiger partial charge in [-0.3, -0.25) is 9.59 Å². The van der Waals surface area contributed by atoms with Gasteiger partial charge < -0.3 is 25.4 Å². The molecule has 8 heteroatoms. The monoisotopic (exact) mass is 401 g/mol. The molecule has 0 unspecified atom stereocenters. The van der Waals surface area contributed by atoms with Crippen molar-refractivity contribution in [2.45, 2.75) is 85.1 Å². The van der Waals surface area contributed by atoms with Crippen molar-refractivity contribution >= 4 is 17.9 Å². The van der Waals surface area contributed by atoms with Crippen molar-refractivity contribution in [3.63, 3.8) is 0 Å². The van der Waals surface area contributed by atoms with Gasteiger partial charge in [-0.2, -0.15) is 0 Å². The summed E-state index contributed by atoms with van der Waals surface area (Å²) in [5, 5.41) is 2.68. The first-order valence-corrected chi connectivity index (χ1v) is 9.82. The fourth-order valence-corrected chi connectivity index (χ4v) is 3.10. The van der Waals surface area contributed by atoms with Crippen LogP contribution in [0.2, 0.25) is 0 Å². The molecule has 0 aromatic heterocycles.